The molecule has 1 unspecified atom stereocenters. The van der Waals surface area contributed by atoms with Crippen LogP contribution in [-0.2, 0) is 13.0 Å². The van der Waals surface area contributed by atoms with Crippen LogP contribution in [0.1, 0.15) is 18.1 Å². The highest BCUT2D eigenvalue weighted by atomic mass is 79.9. The van der Waals surface area contributed by atoms with Crippen molar-refractivity contribution in [2.45, 2.75) is 25.9 Å². The highest BCUT2D eigenvalue weighted by Gasteiger charge is 2.08. The molecule has 4 heteroatoms. The van der Waals surface area contributed by atoms with E-state index in [9.17, 15) is 4.39 Å². The Balaban J connectivity index is 1.94. The van der Waals surface area contributed by atoms with Crippen LogP contribution in [-0.4, -0.2) is 6.04 Å². The Labute approximate surface area is 132 Å². The summed E-state index contributed by atoms with van der Waals surface area (Å²) in [6, 6.07) is 12.8. The van der Waals surface area contributed by atoms with E-state index >= 15 is 0 Å². The predicted molar refractivity (Wildman–Crippen MR) is 85.6 cm³/mol. The summed E-state index contributed by atoms with van der Waals surface area (Å²) in [5, 5.41) is 4.17. The molecule has 20 heavy (non-hydrogen) atoms. The lowest BCUT2D eigenvalue weighted by Gasteiger charge is -2.15. The van der Waals surface area contributed by atoms with Crippen molar-refractivity contribution in [1.29, 1.82) is 0 Å². The quantitative estimate of drug-likeness (QED) is 0.798. The maximum atomic E-state index is 13.2. The van der Waals surface area contributed by atoms with Gasteiger partial charge in [-0.2, -0.15) is 0 Å². The minimum absolute atomic E-state index is 0.219. The van der Waals surface area contributed by atoms with Gasteiger partial charge in [-0.25, -0.2) is 4.39 Å². The van der Waals surface area contributed by atoms with Crippen molar-refractivity contribution in [3.8, 4) is 0 Å². The molecule has 0 radical (unpaired) electrons. The van der Waals surface area contributed by atoms with E-state index in [-0.39, 0.29) is 11.9 Å². The summed E-state index contributed by atoms with van der Waals surface area (Å²) < 4.78 is 14.1. The van der Waals surface area contributed by atoms with Crippen molar-refractivity contribution in [2.24, 2.45) is 0 Å². The molecular weight excluding hydrogens is 341 g/mol. The Morgan fingerprint density at radius 1 is 1.20 bits per heavy atom. The molecule has 0 saturated carbocycles. The van der Waals surface area contributed by atoms with Crippen LogP contribution in [0.15, 0.2) is 46.9 Å². The average Bonchev–Trinajstić information content (AvgIpc) is 2.42. The Kier molecular flexibility index (Phi) is 5.58. The van der Waals surface area contributed by atoms with Crippen molar-refractivity contribution in [1.82, 2.24) is 5.32 Å². The highest BCUT2D eigenvalue weighted by molar-refractivity contribution is 9.10. The lowest BCUT2D eigenvalue weighted by atomic mass is 10.1. The summed E-state index contributed by atoms with van der Waals surface area (Å²) in [7, 11) is 0. The van der Waals surface area contributed by atoms with Crippen LogP contribution in [0.2, 0.25) is 5.02 Å². The molecule has 0 fully saturated rings. The van der Waals surface area contributed by atoms with Crippen LogP contribution >= 0.6 is 27.5 Å². The third-order valence-corrected chi connectivity index (χ3v) is 4.28. The lowest BCUT2D eigenvalue weighted by Crippen LogP contribution is -2.27. The molecule has 2 rings (SSSR count). The van der Waals surface area contributed by atoms with Gasteiger partial charge >= 0.3 is 0 Å². The zero-order valence-corrected chi connectivity index (χ0v) is 13.5. The van der Waals surface area contributed by atoms with Gasteiger partial charge in [-0.1, -0.05) is 45.7 Å². The number of hydrogen-bond donors (Lipinski definition) is 1. The van der Waals surface area contributed by atoms with Crippen molar-refractivity contribution >= 4 is 27.5 Å². The van der Waals surface area contributed by atoms with Gasteiger partial charge in [-0.3, -0.25) is 0 Å². The first-order chi connectivity index (χ1) is 9.56. The van der Waals surface area contributed by atoms with E-state index in [1.807, 2.05) is 24.3 Å². The molecule has 0 saturated heterocycles. The number of rotatable bonds is 5. The molecule has 0 spiro atoms. The number of benzene rings is 2. The molecule has 0 aliphatic carbocycles. The zero-order chi connectivity index (χ0) is 14.5. The fraction of sp³-hybridized carbons (Fsp3) is 0.250. The van der Waals surface area contributed by atoms with Gasteiger partial charge in [0.1, 0.15) is 5.82 Å². The van der Waals surface area contributed by atoms with Crippen molar-refractivity contribution in [2.75, 3.05) is 0 Å². The number of halogens is 3. The first kappa shape index (κ1) is 15.5. The minimum Gasteiger partial charge on any atom is -0.310 e. The van der Waals surface area contributed by atoms with E-state index in [1.165, 1.54) is 6.07 Å². The van der Waals surface area contributed by atoms with Crippen molar-refractivity contribution < 1.29 is 4.39 Å². The second-order valence-corrected chi connectivity index (χ2v) is 6.07. The van der Waals surface area contributed by atoms with E-state index in [0.717, 1.165) is 27.0 Å². The third kappa shape index (κ3) is 4.30. The minimum atomic E-state index is -0.219. The van der Waals surface area contributed by atoms with E-state index in [1.54, 1.807) is 12.1 Å². The molecule has 0 amide bonds. The molecule has 0 aromatic heterocycles. The molecule has 0 aliphatic rings. The van der Waals surface area contributed by atoms with Gasteiger partial charge < -0.3 is 5.32 Å². The predicted octanol–water partition coefficient (Wildman–Crippen LogP) is 4.96. The molecule has 0 bridgehead atoms. The Morgan fingerprint density at radius 3 is 2.70 bits per heavy atom. The fourth-order valence-electron chi connectivity index (χ4n) is 2.03. The zero-order valence-electron chi connectivity index (χ0n) is 11.2. The summed E-state index contributed by atoms with van der Waals surface area (Å²) in [4.78, 5) is 0. The van der Waals surface area contributed by atoms with E-state index < -0.39 is 0 Å². The molecule has 1 N–H and O–H groups in total. The van der Waals surface area contributed by atoms with Gasteiger partial charge in [0.25, 0.3) is 0 Å². The normalized spacial score (nSPS) is 12.4. The molecule has 2 aromatic rings. The Hall–Kier alpha value is -0.900. The average molecular weight is 357 g/mol. The molecule has 0 aliphatic heterocycles. The van der Waals surface area contributed by atoms with Crippen molar-refractivity contribution in [3.05, 3.63) is 68.9 Å². The van der Waals surface area contributed by atoms with E-state index in [0.29, 0.717) is 6.54 Å². The van der Waals surface area contributed by atoms with Gasteiger partial charge in [0.15, 0.2) is 0 Å². The molecule has 1 atom stereocenters. The highest BCUT2D eigenvalue weighted by Crippen LogP contribution is 2.19. The molecule has 1 nitrogen and oxygen atoms in total. The number of nitrogens with one attached hydrogen (secondary N) is 1. The van der Waals surface area contributed by atoms with E-state index in [2.05, 4.69) is 28.2 Å². The molecule has 106 valence electrons. The maximum Gasteiger partial charge on any atom is 0.123 e. The van der Waals surface area contributed by atoms with Gasteiger partial charge in [0.05, 0.1) is 0 Å². The van der Waals surface area contributed by atoms with Crippen LogP contribution in [0.5, 0.6) is 0 Å². The largest absolute Gasteiger partial charge is 0.310 e. The smallest absolute Gasteiger partial charge is 0.123 e. The molecule has 2 aromatic carbocycles. The van der Waals surface area contributed by atoms with Gasteiger partial charge in [0.2, 0.25) is 0 Å². The Morgan fingerprint density at radius 2 is 1.95 bits per heavy atom. The summed E-state index contributed by atoms with van der Waals surface area (Å²) in [5.74, 6) is -0.219. The van der Waals surface area contributed by atoms with E-state index in [4.69, 9.17) is 11.6 Å². The van der Waals surface area contributed by atoms with Gasteiger partial charge in [-0.05, 0) is 48.7 Å². The van der Waals surface area contributed by atoms with Crippen LogP contribution < -0.4 is 5.32 Å². The van der Waals surface area contributed by atoms with Gasteiger partial charge in [-0.15, -0.1) is 0 Å². The van der Waals surface area contributed by atoms with Crippen LogP contribution in [0.4, 0.5) is 4.39 Å². The summed E-state index contributed by atoms with van der Waals surface area (Å²) >= 11 is 9.58. The van der Waals surface area contributed by atoms with Crippen molar-refractivity contribution in [3.63, 3.8) is 0 Å². The summed E-state index contributed by atoms with van der Waals surface area (Å²) in [5.41, 5.74) is 2.03. The van der Waals surface area contributed by atoms with Crippen LogP contribution in [0.3, 0.4) is 0 Å². The van der Waals surface area contributed by atoms with Crippen LogP contribution in [0, 0.1) is 5.82 Å². The summed E-state index contributed by atoms with van der Waals surface area (Å²) in [6.45, 7) is 2.71. The summed E-state index contributed by atoms with van der Waals surface area (Å²) in [6.07, 6.45) is 0.840. The molecular formula is C16H16BrClFN. The Bertz CT molecular complexity index is 588. The standard InChI is InChI=1S/C16H16BrClFN/c1-11(8-12-4-2-3-5-16(12)18)20-10-13-9-14(19)6-7-15(13)17/h2-7,9,11,20H,8,10H2,1H3. The lowest BCUT2D eigenvalue weighted by molar-refractivity contribution is 0.541. The third-order valence-electron chi connectivity index (χ3n) is 3.13. The van der Waals surface area contributed by atoms with Crippen LogP contribution in [0.25, 0.3) is 0 Å². The number of hydrogen-bond acceptors (Lipinski definition) is 1. The SMILES string of the molecule is CC(Cc1ccccc1Cl)NCc1cc(F)ccc1Br. The second kappa shape index (κ2) is 7.21. The maximum absolute atomic E-state index is 13.2. The van der Waals surface area contributed by atoms with Gasteiger partial charge in [0, 0.05) is 22.1 Å². The topological polar surface area (TPSA) is 12.0 Å². The second-order valence-electron chi connectivity index (χ2n) is 4.81. The molecule has 0 heterocycles. The fourth-order valence-corrected chi connectivity index (χ4v) is 2.63. The first-order valence-corrected chi connectivity index (χ1v) is 7.64. The first-order valence-electron chi connectivity index (χ1n) is 6.47. The monoisotopic (exact) mass is 355 g/mol.